The Balaban J connectivity index is 1.62. The van der Waals surface area contributed by atoms with E-state index in [1.165, 1.54) is 0 Å². The van der Waals surface area contributed by atoms with Crippen LogP contribution in [0, 0.1) is 5.92 Å². The van der Waals surface area contributed by atoms with E-state index in [1.54, 1.807) is 11.8 Å². The van der Waals surface area contributed by atoms with Crippen molar-refractivity contribution in [1.82, 2.24) is 19.2 Å². The molecule has 0 spiro atoms. The number of aromatic nitrogens is 2. The topological polar surface area (TPSA) is 40.9 Å². The summed E-state index contributed by atoms with van der Waals surface area (Å²) < 4.78 is 2.04. The lowest BCUT2D eigenvalue weighted by Gasteiger charge is -2.26. The number of hydrogen-bond donors (Lipinski definition) is 0. The molecule has 0 saturated heterocycles. The quantitative estimate of drug-likeness (QED) is 0.494. The summed E-state index contributed by atoms with van der Waals surface area (Å²) in [6.07, 6.45) is 4.07. The number of imidazole rings is 1. The van der Waals surface area contributed by atoms with E-state index < -0.39 is 0 Å². The fraction of sp³-hybridized carbons (Fsp3) is 0.391. The van der Waals surface area contributed by atoms with Gasteiger partial charge in [0.2, 0.25) is 0 Å². The predicted octanol–water partition coefficient (Wildman–Crippen LogP) is 4.29. The molecule has 6 heteroatoms. The summed E-state index contributed by atoms with van der Waals surface area (Å²) in [5, 5.41) is 0. The van der Waals surface area contributed by atoms with Crippen LogP contribution in [-0.4, -0.2) is 58.8 Å². The SMILES string of the molecule is CC(C)CN(CCN(C)C)C(=O)c1ccc(SCc2cn3ccccc3n2)cc1. The van der Waals surface area contributed by atoms with Gasteiger partial charge < -0.3 is 14.2 Å². The molecule has 0 aliphatic carbocycles. The first-order chi connectivity index (χ1) is 13.9. The number of likely N-dealkylation sites (N-methyl/N-ethyl adjacent to an activating group) is 1. The van der Waals surface area contributed by atoms with Crippen LogP contribution in [-0.2, 0) is 5.75 Å². The maximum absolute atomic E-state index is 13.0. The zero-order valence-corrected chi connectivity index (χ0v) is 18.5. The second-order valence-electron chi connectivity index (χ2n) is 7.96. The molecule has 1 aromatic carbocycles. The van der Waals surface area contributed by atoms with Crippen LogP contribution in [0.5, 0.6) is 0 Å². The molecule has 29 heavy (non-hydrogen) atoms. The average Bonchev–Trinajstić information content (AvgIpc) is 3.12. The Morgan fingerprint density at radius 3 is 2.52 bits per heavy atom. The fourth-order valence-corrected chi connectivity index (χ4v) is 3.91. The Kier molecular flexibility index (Phi) is 7.34. The first-order valence-electron chi connectivity index (χ1n) is 10.0. The van der Waals surface area contributed by atoms with Gasteiger partial charge in [0.15, 0.2) is 0 Å². The van der Waals surface area contributed by atoms with E-state index in [0.717, 1.165) is 47.2 Å². The number of nitrogens with zero attached hydrogens (tertiary/aromatic N) is 4. The van der Waals surface area contributed by atoms with E-state index in [0.29, 0.717) is 5.92 Å². The highest BCUT2D eigenvalue weighted by Crippen LogP contribution is 2.23. The molecule has 0 saturated carbocycles. The molecule has 0 radical (unpaired) electrons. The van der Waals surface area contributed by atoms with Gasteiger partial charge in [-0.05, 0) is 56.4 Å². The Labute approximate surface area is 177 Å². The van der Waals surface area contributed by atoms with Crippen LogP contribution in [0.2, 0.25) is 0 Å². The molecule has 0 bridgehead atoms. The van der Waals surface area contributed by atoms with Crippen molar-refractivity contribution in [2.75, 3.05) is 33.7 Å². The molecular weight excluding hydrogens is 380 g/mol. The molecule has 3 aromatic rings. The highest BCUT2D eigenvalue weighted by Gasteiger charge is 2.17. The van der Waals surface area contributed by atoms with Gasteiger partial charge in [0.05, 0.1) is 5.69 Å². The second kappa shape index (κ2) is 9.94. The van der Waals surface area contributed by atoms with E-state index in [2.05, 4.69) is 29.9 Å². The van der Waals surface area contributed by atoms with E-state index in [4.69, 9.17) is 0 Å². The van der Waals surface area contributed by atoms with Gasteiger partial charge in [0.1, 0.15) is 5.65 Å². The zero-order valence-electron chi connectivity index (χ0n) is 17.7. The minimum atomic E-state index is 0.109. The van der Waals surface area contributed by atoms with Crippen molar-refractivity contribution >= 4 is 23.3 Å². The average molecular weight is 411 g/mol. The van der Waals surface area contributed by atoms with Gasteiger partial charge in [0.25, 0.3) is 5.91 Å². The molecule has 5 nitrogen and oxygen atoms in total. The van der Waals surface area contributed by atoms with Crippen molar-refractivity contribution in [1.29, 1.82) is 0 Å². The van der Waals surface area contributed by atoms with E-state index >= 15 is 0 Å². The molecule has 0 N–H and O–H groups in total. The van der Waals surface area contributed by atoms with Crippen LogP contribution in [0.1, 0.15) is 29.9 Å². The fourth-order valence-electron chi connectivity index (χ4n) is 3.13. The number of hydrogen-bond acceptors (Lipinski definition) is 4. The van der Waals surface area contributed by atoms with Crippen LogP contribution in [0.4, 0.5) is 0 Å². The van der Waals surface area contributed by atoms with E-state index in [9.17, 15) is 4.79 Å². The van der Waals surface area contributed by atoms with Gasteiger partial charge in [-0.3, -0.25) is 4.79 Å². The summed E-state index contributed by atoms with van der Waals surface area (Å²) in [5.41, 5.74) is 2.77. The number of thioether (sulfide) groups is 1. The minimum Gasteiger partial charge on any atom is -0.337 e. The maximum Gasteiger partial charge on any atom is 0.253 e. The van der Waals surface area contributed by atoms with Gasteiger partial charge in [-0.25, -0.2) is 4.98 Å². The molecule has 0 fully saturated rings. The van der Waals surface area contributed by atoms with Crippen LogP contribution in [0.25, 0.3) is 5.65 Å². The monoisotopic (exact) mass is 410 g/mol. The summed E-state index contributed by atoms with van der Waals surface area (Å²) >= 11 is 1.73. The standard InChI is InChI=1S/C23H30N4OS/c1-18(2)15-27(14-13-25(3)4)23(28)19-8-10-21(11-9-19)29-17-20-16-26-12-6-5-7-22(26)24-20/h5-12,16,18H,13-15,17H2,1-4H3. The van der Waals surface area contributed by atoms with Gasteiger partial charge in [-0.15, -0.1) is 11.8 Å². The minimum absolute atomic E-state index is 0.109. The third-order valence-electron chi connectivity index (χ3n) is 4.59. The molecule has 1 amide bonds. The number of benzene rings is 1. The Morgan fingerprint density at radius 2 is 1.86 bits per heavy atom. The van der Waals surface area contributed by atoms with Crippen LogP contribution in [0.15, 0.2) is 59.8 Å². The molecule has 2 aromatic heterocycles. The third kappa shape index (κ3) is 6.08. The molecule has 0 unspecified atom stereocenters. The molecular formula is C23H30N4OS. The van der Waals surface area contributed by atoms with Gasteiger partial charge in [0, 0.05) is 48.2 Å². The van der Waals surface area contributed by atoms with Gasteiger partial charge >= 0.3 is 0 Å². The highest BCUT2D eigenvalue weighted by molar-refractivity contribution is 7.98. The number of carbonyl (C=O) groups excluding carboxylic acids is 1. The second-order valence-corrected chi connectivity index (χ2v) is 9.01. The Hall–Kier alpha value is -2.31. The third-order valence-corrected chi connectivity index (χ3v) is 5.64. The Bertz CT molecular complexity index is 900. The molecule has 0 aliphatic heterocycles. The first-order valence-corrected chi connectivity index (χ1v) is 11.0. The van der Waals surface area contributed by atoms with Crippen molar-refractivity contribution in [3.63, 3.8) is 0 Å². The van der Waals surface area contributed by atoms with Crippen molar-refractivity contribution in [3.05, 3.63) is 66.1 Å². The summed E-state index contributed by atoms with van der Waals surface area (Å²) in [7, 11) is 4.07. The normalized spacial score (nSPS) is 11.5. The lowest BCUT2D eigenvalue weighted by Crippen LogP contribution is -2.39. The smallest absolute Gasteiger partial charge is 0.253 e. The molecule has 154 valence electrons. The molecule has 0 atom stereocenters. The van der Waals surface area contributed by atoms with Crippen molar-refractivity contribution in [2.45, 2.75) is 24.5 Å². The number of amides is 1. The van der Waals surface area contributed by atoms with Crippen LogP contribution in [0.3, 0.4) is 0 Å². The maximum atomic E-state index is 13.0. The van der Waals surface area contributed by atoms with Crippen LogP contribution >= 0.6 is 11.8 Å². The predicted molar refractivity (Wildman–Crippen MR) is 120 cm³/mol. The van der Waals surface area contributed by atoms with Gasteiger partial charge in [-0.1, -0.05) is 19.9 Å². The summed E-state index contributed by atoms with van der Waals surface area (Å²) in [4.78, 5) is 22.8. The molecule has 3 rings (SSSR count). The highest BCUT2D eigenvalue weighted by atomic mass is 32.2. The van der Waals surface area contributed by atoms with Crippen molar-refractivity contribution < 1.29 is 4.79 Å². The molecule has 0 aliphatic rings. The lowest BCUT2D eigenvalue weighted by molar-refractivity contribution is 0.0724. The van der Waals surface area contributed by atoms with E-state index in [1.807, 2.05) is 72.1 Å². The zero-order chi connectivity index (χ0) is 20.8. The number of pyridine rings is 1. The van der Waals surface area contributed by atoms with E-state index in [-0.39, 0.29) is 5.91 Å². The summed E-state index contributed by atoms with van der Waals surface area (Å²) in [6.45, 7) is 6.68. The van der Waals surface area contributed by atoms with Crippen molar-refractivity contribution in [2.24, 2.45) is 5.92 Å². The molecule has 2 heterocycles. The lowest BCUT2D eigenvalue weighted by atomic mass is 10.1. The summed E-state index contributed by atoms with van der Waals surface area (Å²) in [6, 6.07) is 14.0. The van der Waals surface area contributed by atoms with Gasteiger partial charge in [-0.2, -0.15) is 0 Å². The first kappa shape index (κ1) is 21.4. The number of rotatable bonds is 9. The Morgan fingerprint density at radius 1 is 1.10 bits per heavy atom. The number of fused-ring (bicyclic) bond motifs is 1. The van der Waals surface area contributed by atoms with Crippen LogP contribution < -0.4 is 0 Å². The number of carbonyl (C=O) groups is 1. The summed E-state index contributed by atoms with van der Waals surface area (Å²) in [5.74, 6) is 1.36. The largest absolute Gasteiger partial charge is 0.337 e. The van der Waals surface area contributed by atoms with Crippen molar-refractivity contribution in [3.8, 4) is 0 Å².